The molecule has 0 radical (unpaired) electrons. The second-order valence-electron chi connectivity index (χ2n) is 3.68. The maximum Gasteiger partial charge on any atom is 0.260 e. The van der Waals surface area contributed by atoms with Crippen molar-refractivity contribution >= 4 is 33.3 Å². The standard InChI is InChI=1S/C12H11BrN4O/c1-7-9(13)2-3-11(16-7)17-12(18)8-6-15-5-4-10(8)14/h2-6H,1H3,(H2,14,15)(H,16,17,18). The van der Waals surface area contributed by atoms with E-state index in [2.05, 4.69) is 31.2 Å². The van der Waals surface area contributed by atoms with Gasteiger partial charge in [0.1, 0.15) is 5.82 Å². The van der Waals surface area contributed by atoms with Gasteiger partial charge in [-0.05, 0) is 41.1 Å². The molecule has 0 saturated carbocycles. The molecule has 0 bridgehead atoms. The molecule has 0 aromatic carbocycles. The summed E-state index contributed by atoms with van der Waals surface area (Å²) in [5.74, 6) is 0.152. The average molecular weight is 307 g/mol. The largest absolute Gasteiger partial charge is 0.398 e. The zero-order chi connectivity index (χ0) is 13.1. The number of nitrogens with two attached hydrogens (primary N) is 1. The molecule has 5 nitrogen and oxygen atoms in total. The van der Waals surface area contributed by atoms with Crippen LogP contribution in [0, 0.1) is 6.92 Å². The zero-order valence-electron chi connectivity index (χ0n) is 9.64. The first kappa shape index (κ1) is 12.5. The highest BCUT2D eigenvalue weighted by molar-refractivity contribution is 9.10. The fourth-order valence-electron chi connectivity index (χ4n) is 1.39. The second kappa shape index (κ2) is 5.14. The van der Waals surface area contributed by atoms with Crippen molar-refractivity contribution in [3.8, 4) is 0 Å². The van der Waals surface area contributed by atoms with E-state index in [1.807, 2.05) is 13.0 Å². The molecule has 2 aromatic heterocycles. The van der Waals surface area contributed by atoms with Crippen LogP contribution in [0.15, 0.2) is 35.1 Å². The summed E-state index contributed by atoms with van der Waals surface area (Å²) in [5, 5.41) is 2.68. The number of nitrogens with one attached hydrogen (secondary N) is 1. The topological polar surface area (TPSA) is 80.9 Å². The smallest absolute Gasteiger partial charge is 0.260 e. The molecule has 3 N–H and O–H groups in total. The second-order valence-corrected chi connectivity index (χ2v) is 4.54. The molecule has 0 atom stereocenters. The number of nitrogen functional groups attached to an aromatic ring is 1. The van der Waals surface area contributed by atoms with Gasteiger partial charge >= 0.3 is 0 Å². The van der Waals surface area contributed by atoms with Crippen molar-refractivity contribution < 1.29 is 4.79 Å². The number of aromatic nitrogens is 2. The fraction of sp³-hybridized carbons (Fsp3) is 0.0833. The van der Waals surface area contributed by atoms with Crippen LogP contribution in [0.3, 0.4) is 0 Å². The van der Waals surface area contributed by atoms with E-state index in [-0.39, 0.29) is 5.91 Å². The predicted molar refractivity (Wildman–Crippen MR) is 73.3 cm³/mol. The first-order valence-electron chi connectivity index (χ1n) is 5.22. The Labute approximate surface area is 113 Å². The molecule has 18 heavy (non-hydrogen) atoms. The number of carbonyl (C=O) groups is 1. The van der Waals surface area contributed by atoms with Crippen molar-refractivity contribution in [2.24, 2.45) is 0 Å². The van der Waals surface area contributed by atoms with Crippen molar-refractivity contribution in [1.82, 2.24) is 9.97 Å². The van der Waals surface area contributed by atoms with Gasteiger partial charge in [-0.3, -0.25) is 9.78 Å². The van der Waals surface area contributed by atoms with Gasteiger partial charge in [-0.25, -0.2) is 4.98 Å². The third kappa shape index (κ3) is 2.65. The third-order valence-corrected chi connectivity index (χ3v) is 3.20. The number of anilines is 2. The SMILES string of the molecule is Cc1nc(NC(=O)c2cnccc2N)ccc1Br. The van der Waals surface area contributed by atoms with E-state index in [0.29, 0.717) is 17.1 Å². The fourth-order valence-corrected chi connectivity index (χ4v) is 1.61. The van der Waals surface area contributed by atoms with E-state index in [4.69, 9.17) is 5.73 Å². The van der Waals surface area contributed by atoms with Gasteiger partial charge in [0.25, 0.3) is 5.91 Å². The van der Waals surface area contributed by atoms with Gasteiger partial charge in [0.15, 0.2) is 0 Å². The highest BCUT2D eigenvalue weighted by atomic mass is 79.9. The molecular weight excluding hydrogens is 296 g/mol. The Morgan fingerprint density at radius 2 is 2.17 bits per heavy atom. The lowest BCUT2D eigenvalue weighted by Gasteiger charge is -2.07. The maximum absolute atomic E-state index is 11.9. The first-order chi connectivity index (χ1) is 8.58. The van der Waals surface area contributed by atoms with Crippen LogP contribution >= 0.6 is 15.9 Å². The molecule has 0 aliphatic heterocycles. The Morgan fingerprint density at radius 1 is 1.39 bits per heavy atom. The maximum atomic E-state index is 11.9. The number of aryl methyl sites for hydroxylation is 1. The van der Waals surface area contributed by atoms with E-state index in [0.717, 1.165) is 10.2 Å². The van der Waals surface area contributed by atoms with Gasteiger partial charge in [-0.1, -0.05) is 0 Å². The van der Waals surface area contributed by atoms with Gasteiger partial charge in [0, 0.05) is 22.6 Å². The molecule has 0 aliphatic rings. The summed E-state index contributed by atoms with van der Waals surface area (Å²) >= 11 is 3.35. The van der Waals surface area contributed by atoms with Crippen molar-refractivity contribution in [3.63, 3.8) is 0 Å². The molecule has 0 spiro atoms. The monoisotopic (exact) mass is 306 g/mol. The lowest BCUT2D eigenvalue weighted by Crippen LogP contribution is -2.15. The Kier molecular flexibility index (Phi) is 3.57. The normalized spacial score (nSPS) is 10.1. The molecule has 1 amide bonds. The highest BCUT2D eigenvalue weighted by Crippen LogP contribution is 2.17. The summed E-state index contributed by atoms with van der Waals surface area (Å²) in [4.78, 5) is 20.0. The summed E-state index contributed by atoms with van der Waals surface area (Å²) in [7, 11) is 0. The molecule has 92 valence electrons. The molecule has 0 saturated heterocycles. The minimum atomic E-state index is -0.324. The molecular formula is C12H11BrN4O. The number of amides is 1. The van der Waals surface area contributed by atoms with Crippen molar-refractivity contribution in [2.75, 3.05) is 11.1 Å². The predicted octanol–water partition coefficient (Wildman–Crippen LogP) is 2.38. The number of hydrogen-bond acceptors (Lipinski definition) is 4. The van der Waals surface area contributed by atoms with Gasteiger partial charge < -0.3 is 11.1 Å². The number of rotatable bonds is 2. The molecule has 0 aliphatic carbocycles. The van der Waals surface area contributed by atoms with E-state index in [1.165, 1.54) is 12.4 Å². The third-order valence-electron chi connectivity index (χ3n) is 2.36. The van der Waals surface area contributed by atoms with E-state index < -0.39 is 0 Å². The van der Waals surface area contributed by atoms with E-state index >= 15 is 0 Å². The molecule has 2 rings (SSSR count). The van der Waals surface area contributed by atoms with Crippen LogP contribution in [-0.2, 0) is 0 Å². The summed E-state index contributed by atoms with van der Waals surface area (Å²) in [6.45, 7) is 1.85. The van der Waals surface area contributed by atoms with E-state index in [9.17, 15) is 4.79 Å². The van der Waals surface area contributed by atoms with Crippen LogP contribution in [0.2, 0.25) is 0 Å². The summed E-state index contributed by atoms with van der Waals surface area (Å²) in [6.07, 6.45) is 2.96. The summed E-state index contributed by atoms with van der Waals surface area (Å²) in [6, 6.07) is 5.11. The van der Waals surface area contributed by atoms with Gasteiger partial charge in [-0.2, -0.15) is 0 Å². The molecule has 2 heterocycles. The highest BCUT2D eigenvalue weighted by Gasteiger charge is 2.10. The van der Waals surface area contributed by atoms with Crippen molar-refractivity contribution in [3.05, 3.63) is 46.3 Å². The van der Waals surface area contributed by atoms with Crippen LogP contribution in [-0.4, -0.2) is 15.9 Å². The van der Waals surface area contributed by atoms with Crippen LogP contribution in [0.25, 0.3) is 0 Å². The molecule has 2 aromatic rings. The molecule has 6 heteroatoms. The van der Waals surface area contributed by atoms with Crippen LogP contribution in [0.5, 0.6) is 0 Å². The molecule has 0 unspecified atom stereocenters. The summed E-state index contributed by atoms with van der Waals surface area (Å²) in [5.41, 5.74) is 7.22. The zero-order valence-corrected chi connectivity index (χ0v) is 11.2. The number of nitrogens with zero attached hydrogens (tertiary/aromatic N) is 2. The van der Waals surface area contributed by atoms with Gasteiger partial charge in [-0.15, -0.1) is 0 Å². The van der Waals surface area contributed by atoms with Crippen LogP contribution < -0.4 is 11.1 Å². The average Bonchev–Trinajstić information content (AvgIpc) is 2.34. The van der Waals surface area contributed by atoms with Crippen LogP contribution in [0.1, 0.15) is 16.1 Å². The Balaban J connectivity index is 2.22. The van der Waals surface area contributed by atoms with Gasteiger partial charge in [0.05, 0.1) is 11.3 Å². The van der Waals surface area contributed by atoms with Crippen molar-refractivity contribution in [2.45, 2.75) is 6.92 Å². The Morgan fingerprint density at radius 3 is 2.83 bits per heavy atom. The minimum absolute atomic E-state index is 0.324. The van der Waals surface area contributed by atoms with Crippen molar-refractivity contribution in [1.29, 1.82) is 0 Å². The number of pyridine rings is 2. The number of hydrogen-bond donors (Lipinski definition) is 2. The quantitative estimate of drug-likeness (QED) is 0.892. The minimum Gasteiger partial charge on any atom is -0.398 e. The number of halogens is 1. The first-order valence-corrected chi connectivity index (χ1v) is 6.01. The van der Waals surface area contributed by atoms with E-state index in [1.54, 1.807) is 12.1 Å². The van der Waals surface area contributed by atoms with Crippen LogP contribution in [0.4, 0.5) is 11.5 Å². The number of carbonyl (C=O) groups excluding carboxylic acids is 1. The Hall–Kier alpha value is -1.95. The molecule has 0 fully saturated rings. The Bertz CT molecular complexity index is 600. The van der Waals surface area contributed by atoms with Gasteiger partial charge in [0.2, 0.25) is 0 Å². The lowest BCUT2D eigenvalue weighted by atomic mass is 10.2. The summed E-state index contributed by atoms with van der Waals surface area (Å²) < 4.78 is 0.890. The lowest BCUT2D eigenvalue weighted by molar-refractivity contribution is 0.102.